The molecule has 0 unspecified atom stereocenters. The SMILES string of the molecule is CC(C)CCN1C(=O)CCc2cnc(Nc3ccc(-n4cccn4)cc3)cc21. The topological polar surface area (TPSA) is 63.1 Å². The molecule has 3 aromatic rings. The van der Waals surface area contributed by atoms with E-state index in [0.717, 1.165) is 47.8 Å². The molecule has 0 atom stereocenters. The van der Waals surface area contributed by atoms with Crippen LogP contribution in [0.3, 0.4) is 0 Å². The molecule has 1 N–H and O–H groups in total. The van der Waals surface area contributed by atoms with Crippen molar-refractivity contribution in [3.05, 3.63) is 60.6 Å². The van der Waals surface area contributed by atoms with Crippen LogP contribution < -0.4 is 10.2 Å². The van der Waals surface area contributed by atoms with Gasteiger partial charge in [-0.25, -0.2) is 9.67 Å². The summed E-state index contributed by atoms with van der Waals surface area (Å²) in [5.74, 6) is 1.51. The molecule has 0 aliphatic carbocycles. The van der Waals surface area contributed by atoms with Crippen LogP contribution in [0.4, 0.5) is 17.2 Å². The Hall–Kier alpha value is -3.15. The number of fused-ring (bicyclic) bond motifs is 1. The first kappa shape index (κ1) is 18.2. The van der Waals surface area contributed by atoms with E-state index in [4.69, 9.17) is 0 Å². The molecule has 2 aromatic heterocycles. The van der Waals surface area contributed by atoms with Crippen molar-refractivity contribution in [2.24, 2.45) is 5.92 Å². The summed E-state index contributed by atoms with van der Waals surface area (Å²) in [7, 11) is 0. The summed E-state index contributed by atoms with van der Waals surface area (Å²) in [5, 5.41) is 7.59. The zero-order valence-electron chi connectivity index (χ0n) is 16.3. The molecular weight excluding hydrogens is 350 g/mol. The van der Waals surface area contributed by atoms with E-state index < -0.39 is 0 Å². The van der Waals surface area contributed by atoms with Crippen molar-refractivity contribution in [2.75, 3.05) is 16.8 Å². The van der Waals surface area contributed by atoms with Crippen LogP contribution in [0.2, 0.25) is 0 Å². The normalized spacial score (nSPS) is 13.7. The van der Waals surface area contributed by atoms with E-state index in [2.05, 4.69) is 29.2 Å². The molecule has 0 fully saturated rings. The Labute approximate surface area is 165 Å². The second-order valence-corrected chi connectivity index (χ2v) is 7.55. The monoisotopic (exact) mass is 375 g/mol. The van der Waals surface area contributed by atoms with Crippen molar-refractivity contribution >= 4 is 23.1 Å². The fourth-order valence-corrected chi connectivity index (χ4v) is 3.40. The lowest BCUT2D eigenvalue weighted by Gasteiger charge is -2.30. The van der Waals surface area contributed by atoms with E-state index in [-0.39, 0.29) is 5.91 Å². The predicted molar refractivity (Wildman–Crippen MR) is 111 cm³/mol. The van der Waals surface area contributed by atoms with Crippen LogP contribution in [0.15, 0.2) is 55.0 Å². The maximum Gasteiger partial charge on any atom is 0.227 e. The number of pyridine rings is 1. The number of carbonyl (C=O) groups excluding carboxylic acids is 1. The van der Waals surface area contributed by atoms with Gasteiger partial charge in [-0.05, 0) is 54.7 Å². The average molecular weight is 375 g/mol. The second-order valence-electron chi connectivity index (χ2n) is 7.55. The summed E-state index contributed by atoms with van der Waals surface area (Å²) in [6, 6.07) is 11.9. The maximum atomic E-state index is 12.5. The molecule has 1 aliphatic heterocycles. The Morgan fingerprint density at radius 3 is 2.71 bits per heavy atom. The number of rotatable bonds is 6. The summed E-state index contributed by atoms with van der Waals surface area (Å²) >= 11 is 0. The van der Waals surface area contributed by atoms with Crippen molar-refractivity contribution in [1.82, 2.24) is 14.8 Å². The number of aromatic nitrogens is 3. The van der Waals surface area contributed by atoms with Gasteiger partial charge in [0.05, 0.1) is 11.4 Å². The van der Waals surface area contributed by atoms with Gasteiger partial charge in [0, 0.05) is 43.3 Å². The first-order valence-electron chi connectivity index (χ1n) is 9.76. The van der Waals surface area contributed by atoms with Crippen molar-refractivity contribution < 1.29 is 4.79 Å². The minimum atomic E-state index is 0.203. The number of hydrogen-bond donors (Lipinski definition) is 1. The smallest absolute Gasteiger partial charge is 0.227 e. The minimum absolute atomic E-state index is 0.203. The number of amides is 1. The fraction of sp³-hybridized carbons (Fsp3) is 0.318. The highest BCUT2D eigenvalue weighted by atomic mass is 16.2. The molecule has 3 heterocycles. The molecule has 28 heavy (non-hydrogen) atoms. The Bertz CT molecular complexity index is 948. The molecule has 1 aliphatic rings. The van der Waals surface area contributed by atoms with Gasteiger partial charge >= 0.3 is 0 Å². The maximum absolute atomic E-state index is 12.5. The van der Waals surface area contributed by atoms with Crippen LogP contribution in [-0.2, 0) is 11.2 Å². The van der Waals surface area contributed by atoms with E-state index in [1.165, 1.54) is 0 Å². The molecule has 0 spiro atoms. The predicted octanol–water partition coefficient (Wildman–Crippen LogP) is 4.34. The molecule has 6 heteroatoms. The van der Waals surface area contributed by atoms with Gasteiger partial charge in [0.2, 0.25) is 5.91 Å². The van der Waals surface area contributed by atoms with Crippen LogP contribution in [0.25, 0.3) is 5.69 Å². The van der Waals surface area contributed by atoms with Crippen LogP contribution in [0, 0.1) is 5.92 Å². The number of anilines is 3. The Morgan fingerprint density at radius 2 is 2.00 bits per heavy atom. The molecule has 0 saturated carbocycles. The highest BCUT2D eigenvalue weighted by Gasteiger charge is 2.24. The van der Waals surface area contributed by atoms with Gasteiger partial charge in [0.15, 0.2) is 0 Å². The lowest BCUT2D eigenvalue weighted by Crippen LogP contribution is -2.36. The van der Waals surface area contributed by atoms with E-state index in [1.807, 2.05) is 58.4 Å². The Balaban J connectivity index is 1.54. The van der Waals surface area contributed by atoms with Crippen molar-refractivity contribution in [2.45, 2.75) is 33.1 Å². The highest BCUT2D eigenvalue weighted by molar-refractivity contribution is 5.96. The first-order valence-corrected chi connectivity index (χ1v) is 9.76. The quantitative estimate of drug-likeness (QED) is 0.696. The van der Waals surface area contributed by atoms with Crippen LogP contribution >= 0.6 is 0 Å². The number of nitrogens with one attached hydrogen (secondary N) is 1. The molecular formula is C22H25N5O. The van der Waals surface area contributed by atoms with Crippen molar-refractivity contribution in [3.8, 4) is 5.69 Å². The third kappa shape index (κ3) is 3.91. The van der Waals surface area contributed by atoms with Crippen LogP contribution in [0.1, 0.15) is 32.3 Å². The van der Waals surface area contributed by atoms with Gasteiger partial charge < -0.3 is 10.2 Å². The summed E-state index contributed by atoms with van der Waals surface area (Å²) in [6.45, 7) is 5.12. The molecule has 0 saturated heterocycles. The standard InChI is InChI=1S/C22H25N5O/c1-16(2)10-13-26-20-14-21(23-15-17(20)4-9-22(26)28)25-18-5-7-19(8-6-18)27-12-3-11-24-27/h3,5-8,11-12,14-16H,4,9-10,13H2,1-2H3,(H,23,25). The summed E-state index contributed by atoms with van der Waals surface area (Å²) in [6.07, 6.45) is 7.88. The van der Waals surface area contributed by atoms with Gasteiger partial charge in [0.1, 0.15) is 5.82 Å². The van der Waals surface area contributed by atoms with Gasteiger partial charge in [0.25, 0.3) is 0 Å². The van der Waals surface area contributed by atoms with E-state index in [1.54, 1.807) is 6.20 Å². The van der Waals surface area contributed by atoms with Gasteiger partial charge in [-0.3, -0.25) is 4.79 Å². The summed E-state index contributed by atoms with van der Waals surface area (Å²) < 4.78 is 1.82. The number of nitrogens with zero attached hydrogens (tertiary/aromatic N) is 4. The zero-order chi connectivity index (χ0) is 19.5. The van der Waals surface area contributed by atoms with Crippen molar-refractivity contribution in [1.29, 1.82) is 0 Å². The first-order chi connectivity index (χ1) is 13.6. The third-order valence-corrected chi connectivity index (χ3v) is 5.00. The Morgan fingerprint density at radius 1 is 1.18 bits per heavy atom. The number of carbonyl (C=O) groups is 1. The lowest BCUT2D eigenvalue weighted by atomic mass is 10.0. The summed E-state index contributed by atoms with van der Waals surface area (Å²) in [5.41, 5.74) is 4.07. The second kappa shape index (κ2) is 7.84. The van der Waals surface area contributed by atoms with Crippen LogP contribution in [0.5, 0.6) is 0 Å². The molecule has 0 bridgehead atoms. The van der Waals surface area contributed by atoms with E-state index >= 15 is 0 Å². The average Bonchev–Trinajstić information content (AvgIpc) is 3.22. The van der Waals surface area contributed by atoms with Crippen LogP contribution in [-0.4, -0.2) is 27.2 Å². The Kier molecular flexibility index (Phi) is 5.10. The number of hydrogen-bond acceptors (Lipinski definition) is 4. The van der Waals surface area contributed by atoms with Crippen molar-refractivity contribution in [3.63, 3.8) is 0 Å². The largest absolute Gasteiger partial charge is 0.340 e. The zero-order valence-corrected chi connectivity index (χ0v) is 16.3. The number of aryl methyl sites for hydroxylation is 1. The molecule has 6 nitrogen and oxygen atoms in total. The van der Waals surface area contributed by atoms with E-state index in [9.17, 15) is 4.79 Å². The minimum Gasteiger partial charge on any atom is -0.340 e. The fourth-order valence-electron chi connectivity index (χ4n) is 3.40. The van der Waals surface area contributed by atoms with Gasteiger partial charge in [-0.15, -0.1) is 0 Å². The van der Waals surface area contributed by atoms with E-state index in [0.29, 0.717) is 12.3 Å². The molecule has 1 aromatic carbocycles. The molecule has 0 radical (unpaired) electrons. The summed E-state index contributed by atoms with van der Waals surface area (Å²) in [4.78, 5) is 18.9. The third-order valence-electron chi connectivity index (χ3n) is 5.00. The molecule has 1 amide bonds. The van der Waals surface area contributed by atoms with Gasteiger partial charge in [-0.2, -0.15) is 5.10 Å². The highest BCUT2D eigenvalue weighted by Crippen LogP contribution is 2.31. The molecule has 4 rings (SSSR count). The number of benzene rings is 1. The van der Waals surface area contributed by atoms with Gasteiger partial charge in [-0.1, -0.05) is 13.8 Å². The lowest BCUT2D eigenvalue weighted by molar-refractivity contribution is -0.118. The molecule has 144 valence electrons.